The minimum atomic E-state index is 0.275. The molecule has 0 spiro atoms. The molecule has 1 heteroatoms. The Morgan fingerprint density at radius 1 is 1.18 bits per heavy atom. The molecule has 1 nitrogen and oxygen atoms in total. The van der Waals surface area contributed by atoms with Crippen molar-refractivity contribution in [3.8, 4) is 0 Å². The van der Waals surface area contributed by atoms with Gasteiger partial charge in [0.05, 0.1) is 0 Å². The first kappa shape index (κ1) is 6.84. The second-order valence-corrected chi connectivity index (χ2v) is 3.36. The summed E-state index contributed by atoms with van der Waals surface area (Å²) < 4.78 is 0. The van der Waals surface area contributed by atoms with Crippen LogP contribution in [-0.4, -0.2) is 5.78 Å². The van der Waals surface area contributed by atoms with Gasteiger partial charge in [-0.3, -0.25) is 4.79 Å². The van der Waals surface area contributed by atoms with Crippen LogP contribution in [0.1, 0.15) is 32.6 Å². The third kappa shape index (κ3) is 0.953. The summed E-state index contributed by atoms with van der Waals surface area (Å²) in [5, 5.41) is 0. The Morgan fingerprint density at radius 2 is 1.82 bits per heavy atom. The van der Waals surface area contributed by atoms with Crippen molar-refractivity contribution in [1.29, 1.82) is 0 Å². The van der Waals surface area contributed by atoms with Crippen molar-refractivity contribution in [2.24, 2.45) is 0 Å². The predicted octanol–water partition coefficient (Wildman–Crippen LogP) is 2.39. The predicted molar refractivity (Wildman–Crippen MR) is 44.3 cm³/mol. The zero-order valence-corrected chi connectivity index (χ0v) is 6.81. The number of carbonyl (C=O) groups excluding carboxylic acids is 1. The fourth-order valence-electron chi connectivity index (χ4n) is 1.98. The number of ketones is 1. The number of carbonyl (C=O) groups is 1. The first-order valence-corrected chi connectivity index (χ1v) is 4.24. The van der Waals surface area contributed by atoms with Crippen LogP contribution in [-0.2, 0) is 4.79 Å². The molecule has 0 aliphatic heterocycles. The summed E-state index contributed by atoms with van der Waals surface area (Å²) in [5.41, 5.74) is 3.67. The van der Waals surface area contributed by atoms with E-state index in [9.17, 15) is 4.79 Å². The molecule has 2 aliphatic carbocycles. The van der Waals surface area contributed by atoms with Crippen LogP contribution >= 0.6 is 0 Å². The lowest BCUT2D eigenvalue weighted by Crippen LogP contribution is -2.01. The standard InChI is InChI=1S/C10H12O/c1-7-6-10(11)9-5-3-2-4-8(7)9/h6H,2-5H2,1H3. The number of hydrogen-bond acceptors (Lipinski definition) is 1. The summed E-state index contributed by atoms with van der Waals surface area (Å²) in [7, 11) is 0. The van der Waals surface area contributed by atoms with Crippen LogP contribution in [0.5, 0.6) is 0 Å². The fraction of sp³-hybridized carbons (Fsp3) is 0.500. The highest BCUT2D eigenvalue weighted by Crippen LogP contribution is 2.34. The van der Waals surface area contributed by atoms with Gasteiger partial charge in [-0.2, -0.15) is 0 Å². The molecule has 0 N–H and O–H groups in total. The van der Waals surface area contributed by atoms with E-state index in [1.807, 2.05) is 6.92 Å². The van der Waals surface area contributed by atoms with E-state index in [1.54, 1.807) is 6.08 Å². The molecule has 0 atom stereocenters. The molecule has 0 aromatic carbocycles. The van der Waals surface area contributed by atoms with Crippen LogP contribution in [0.25, 0.3) is 0 Å². The maximum absolute atomic E-state index is 11.3. The van der Waals surface area contributed by atoms with E-state index >= 15 is 0 Å². The summed E-state index contributed by atoms with van der Waals surface area (Å²) in [6.07, 6.45) is 6.39. The molecule has 0 aromatic heterocycles. The topological polar surface area (TPSA) is 17.1 Å². The maximum atomic E-state index is 11.3. The lowest BCUT2D eigenvalue weighted by Gasteiger charge is -2.13. The minimum absolute atomic E-state index is 0.275. The van der Waals surface area contributed by atoms with E-state index < -0.39 is 0 Å². The van der Waals surface area contributed by atoms with Crippen molar-refractivity contribution in [2.45, 2.75) is 32.6 Å². The van der Waals surface area contributed by atoms with Crippen LogP contribution in [0.4, 0.5) is 0 Å². The maximum Gasteiger partial charge on any atom is 0.182 e. The molecule has 0 amide bonds. The first-order chi connectivity index (χ1) is 5.29. The molecular weight excluding hydrogens is 136 g/mol. The zero-order chi connectivity index (χ0) is 7.84. The van der Waals surface area contributed by atoms with Crippen molar-refractivity contribution in [1.82, 2.24) is 0 Å². The highest BCUT2D eigenvalue weighted by molar-refractivity contribution is 6.09. The summed E-state index contributed by atoms with van der Waals surface area (Å²) in [5.74, 6) is 0.275. The quantitative estimate of drug-likeness (QED) is 0.515. The number of rotatable bonds is 0. The lowest BCUT2D eigenvalue weighted by atomic mass is 9.91. The Morgan fingerprint density at radius 3 is 2.45 bits per heavy atom. The molecule has 0 saturated heterocycles. The van der Waals surface area contributed by atoms with Gasteiger partial charge < -0.3 is 0 Å². The van der Waals surface area contributed by atoms with E-state index in [0.717, 1.165) is 18.4 Å². The van der Waals surface area contributed by atoms with Crippen molar-refractivity contribution >= 4 is 5.78 Å². The molecule has 0 bridgehead atoms. The lowest BCUT2D eigenvalue weighted by molar-refractivity contribution is -0.111. The van der Waals surface area contributed by atoms with Crippen LogP contribution in [0, 0.1) is 0 Å². The Balaban J connectivity index is 2.41. The highest BCUT2D eigenvalue weighted by atomic mass is 16.1. The first-order valence-electron chi connectivity index (χ1n) is 4.24. The van der Waals surface area contributed by atoms with Crippen molar-refractivity contribution in [2.75, 3.05) is 0 Å². The summed E-state index contributed by atoms with van der Waals surface area (Å²) in [6.45, 7) is 2.05. The summed E-state index contributed by atoms with van der Waals surface area (Å²) >= 11 is 0. The van der Waals surface area contributed by atoms with Crippen molar-refractivity contribution in [3.63, 3.8) is 0 Å². The molecule has 2 rings (SSSR count). The Bertz CT molecular complexity index is 269. The Kier molecular flexibility index (Phi) is 1.45. The van der Waals surface area contributed by atoms with Crippen molar-refractivity contribution < 1.29 is 4.79 Å². The normalized spacial score (nSPS) is 23.7. The Hall–Kier alpha value is -0.850. The van der Waals surface area contributed by atoms with Gasteiger partial charge in [0.25, 0.3) is 0 Å². The molecule has 0 radical (unpaired) electrons. The second kappa shape index (κ2) is 2.33. The third-order valence-corrected chi connectivity index (χ3v) is 2.59. The number of allylic oxidation sites excluding steroid dienone is 4. The molecular formula is C10H12O. The largest absolute Gasteiger partial charge is 0.290 e. The third-order valence-electron chi connectivity index (χ3n) is 2.59. The molecule has 0 unspecified atom stereocenters. The SMILES string of the molecule is CC1=CC(=O)C2=C1CCCC2. The van der Waals surface area contributed by atoms with Gasteiger partial charge in [0.15, 0.2) is 5.78 Å². The molecule has 0 aromatic rings. The van der Waals surface area contributed by atoms with Gasteiger partial charge in [0.2, 0.25) is 0 Å². The van der Waals surface area contributed by atoms with Gasteiger partial charge in [0, 0.05) is 5.57 Å². The Labute approximate surface area is 66.8 Å². The monoisotopic (exact) mass is 148 g/mol. The molecule has 0 fully saturated rings. The zero-order valence-electron chi connectivity index (χ0n) is 6.81. The fourth-order valence-corrected chi connectivity index (χ4v) is 1.98. The molecule has 2 aliphatic rings. The molecule has 0 heterocycles. The van der Waals surface area contributed by atoms with Gasteiger partial charge in [-0.1, -0.05) is 0 Å². The second-order valence-electron chi connectivity index (χ2n) is 3.36. The van der Waals surface area contributed by atoms with Crippen LogP contribution in [0.3, 0.4) is 0 Å². The van der Waals surface area contributed by atoms with Gasteiger partial charge in [-0.15, -0.1) is 0 Å². The van der Waals surface area contributed by atoms with Crippen molar-refractivity contribution in [3.05, 3.63) is 22.8 Å². The van der Waals surface area contributed by atoms with E-state index in [4.69, 9.17) is 0 Å². The van der Waals surface area contributed by atoms with E-state index in [-0.39, 0.29) is 5.78 Å². The van der Waals surface area contributed by atoms with Crippen LogP contribution in [0.2, 0.25) is 0 Å². The van der Waals surface area contributed by atoms with E-state index in [1.165, 1.54) is 24.0 Å². The average molecular weight is 148 g/mol. The molecule has 58 valence electrons. The summed E-state index contributed by atoms with van der Waals surface area (Å²) in [4.78, 5) is 11.3. The molecule has 0 saturated carbocycles. The van der Waals surface area contributed by atoms with Gasteiger partial charge in [-0.25, -0.2) is 0 Å². The van der Waals surface area contributed by atoms with Gasteiger partial charge >= 0.3 is 0 Å². The summed E-state index contributed by atoms with van der Waals surface area (Å²) in [6, 6.07) is 0. The van der Waals surface area contributed by atoms with Gasteiger partial charge in [0.1, 0.15) is 0 Å². The van der Waals surface area contributed by atoms with E-state index in [0.29, 0.717) is 0 Å². The minimum Gasteiger partial charge on any atom is -0.290 e. The molecule has 11 heavy (non-hydrogen) atoms. The van der Waals surface area contributed by atoms with Gasteiger partial charge in [-0.05, 0) is 49.8 Å². The van der Waals surface area contributed by atoms with Crippen LogP contribution < -0.4 is 0 Å². The average Bonchev–Trinajstić information content (AvgIpc) is 2.30. The number of hydrogen-bond donors (Lipinski definition) is 0. The van der Waals surface area contributed by atoms with E-state index in [2.05, 4.69) is 0 Å². The van der Waals surface area contributed by atoms with Crippen LogP contribution in [0.15, 0.2) is 22.8 Å². The highest BCUT2D eigenvalue weighted by Gasteiger charge is 2.23. The smallest absolute Gasteiger partial charge is 0.182 e.